The van der Waals surface area contributed by atoms with E-state index in [2.05, 4.69) is 92.1 Å². The molecule has 0 bridgehead atoms. The van der Waals surface area contributed by atoms with E-state index in [0.29, 0.717) is 16.9 Å². The number of nitrogens with one attached hydrogen (secondary N) is 2. The van der Waals surface area contributed by atoms with Crippen molar-refractivity contribution in [2.75, 3.05) is 19.6 Å². The maximum Gasteiger partial charge on any atom is 0.00779 e. The van der Waals surface area contributed by atoms with Crippen molar-refractivity contribution in [2.24, 2.45) is 10.8 Å². The summed E-state index contributed by atoms with van der Waals surface area (Å²) >= 11 is 0. The van der Waals surface area contributed by atoms with Crippen LogP contribution in [-0.2, 0) is 12.8 Å². The highest BCUT2D eigenvalue weighted by Gasteiger charge is 2.40. The molecule has 2 aromatic rings. The molecule has 2 atom stereocenters. The summed E-state index contributed by atoms with van der Waals surface area (Å²) in [5.41, 5.74) is 3.61. The van der Waals surface area contributed by atoms with Crippen molar-refractivity contribution in [1.29, 1.82) is 0 Å². The zero-order valence-corrected chi connectivity index (χ0v) is 18.0. The number of benzene rings is 2. The third-order valence-corrected chi connectivity index (χ3v) is 6.12. The quantitative estimate of drug-likeness (QED) is 0.583. The molecule has 2 N–H and O–H groups in total. The van der Waals surface area contributed by atoms with Gasteiger partial charge >= 0.3 is 0 Å². The molecule has 0 aromatic heterocycles. The molecule has 0 amide bonds. The lowest BCUT2D eigenvalue weighted by Crippen LogP contribution is -2.49. The first-order valence-corrected chi connectivity index (χ1v) is 11.0. The fraction of sp³-hybridized carbons (Fsp3) is 0.538. The molecule has 1 aliphatic carbocycles. The Bertz CT molecular complexity index is 695. The lowest BCUT2D eigenvalue weighted by atomic mass is 9.62. The fourth-order valence-corrected chi connectivity index (χ4v) is 5.25. The highest BCUT2D eigenvalue weighted by molar-refractivity contribution is 5.15. The van der Waals surface area contributed by atoms with Gasteiger partial charge in [-0.3, -0.25) is 0 Å². The lowest BCUT2D eigenvalue weighted by Gasteiger charge is -2.47. The Morgan fingerprint density at radius 1 is 0.786 bits per heavy atom. The maximum absolute atomic E-state index is 3.87. The molecule has 0 heterocycles. The lowest BCUT2D eigenvalue weighted by molar-refractivity contribution is 0.0707. The molecule has 0 aliphatic heterocycles. The summed E-state index contributed by atoms with van der Waals surface area (Å²) < 4.78 is 0. The Hall–Kier alpha value is -1.64. The smallest absolute Gasteiger partial charge is 0.00779 e. The Labute approximate surface area is 172 Å². The average Bonchev–Trinajstić information content (AvgIpc) is 2.65. The molecule has 2 unspecified atom stereocenters. The Kier molecular flexibility index (Phi) is 7.31. The van der Waals surface area contributed by atoms with Gasteiger partial charge in [-0.15, -0.1) is 0 Å². The van der Waals surface area contributed by atoms with E-state index in [-0.39, 0.29) is 0 Å². The maximum atomic E-state index is 3.87. The third-order valence-electron chi connectivity index (χ3n) is 6.12. The third kappa shape index (κ3) is 6.76. The van der Waals surface area contributed by atoms with Crippen LogP contribution in [0.25, 0.3) is 0 Å². The largest absolute Gasteiger partial charge is 0.316 e. The van der Waals surface area contributed by atoms with Gasteiger partial charge in [-0.05, 0) is 67.2 Å². The van der Waals surface area contributed by atoms with Crippen LogP contribution in [0.1, 0.15) is 51.2 Å². The van der Waals surface area contributed by atoms with Crippen LogP contribution in [0.4, 0.5) is 0 Å². The van der Waals surface area contributed by atoms with Gasteiger partial charge in [0.2, 0.25) is 0 Å². The van der Waals surface area contributed by atoms with Crippen molar-refractivity contribution in [3.63, 3.8) is 0 Å². The van der Waals surface area contributed by atoms with Gasteiger partial charge in [-0.2, -0.15) is 0 Å². The van der Waals surface area contributed by atoms with E-state index in [1.165, 1.54) is 30.4 Å². The van der Waals surface area contributed by atoms with Crippen LogP contribution in [0, 0.1) is 10.8 Å². The molecule has 152 valence electrons. The van der Waals surface area contributed by atoms with Gasteiger partial charge in [-0.25, -0.2) is 0 Å². The zero-order chi connectivity index (χ0) is 19.9. The van der Waals surface area contributed by atoms with Crippen molar-refractivity contribution in [3.8, 4) is 0 Å². The summed E-state index contributed by atoms with van der Waals surface area (Å²) in [7, 11) is 0. The normalized spacial score (nSPS) is 24.2. The molecule has 0 radical (unpaired) electrons. The van der Waals surface area contributed by atoms with E-state index >= 15 is 0 Å². The van der Waals surface area contributed by atoms with E-state index < -0.39 is 0 Å². The molecular formula is C26H38N2. The number of hydrogen-bond acceptors (Lipinski definition) is 2. The topological polar surface area (TPSA) is 24.1 Å². The standard InChI is InChI=1S/C26H38N2/c1-25(2)18-24(28-17-15-23-12-8-5-9-13-23)19-26(3,20-25)21-27-16-14-22-10-6-4-7-11-22/h4-13,24,27-28H,14-21H2,1-3H3. The van der Waals surface area contributed by atoms with Crippen LogP contribution >= 0.6 is 0 Å². The molecule has 2 nitrogen and oxygen atoms in total. The van der Waals surface area contributed by atoms with Gasteiger partial charge in [0.25, 0.3) is 0 Å². The molecule has 2 aromatic carbocycles. The molecule has 3 rings (SSSR count). The van der Waals surface area contributed by atoms with Crippen molar-refractivity contribution in [2.45, 2.75) is 58.9 Å². The van der Waals surface area contributed by atoms with Crippen LogP contribution in [-0.4, -0.2) is 25.7 Å². The highest BCUT2D eigenvalue weighted by atomic mass is 14.9. The summed E-state index contributed by atoms with van der Waals surface area (Å²) in [6.07, 6.45) is 6.07. The van der Waals surface area contributed by atoms with Gasteiger partial charge in [0, 0.05) is 12.6 Å². The monoisotopic (exact) mass is 378 g/mol. The van der Waals surface area contributed by atoms with Crippen molar-refractivity contribution in [3.05, 3.63) is 71.8 Å². The van der Waals surface area contributed by atoms with Gasteiger partial charge in [0.1, 0.15) is 0 Å². The first-order valence-electron chi connectivity index (χ1n) is 11.0. The fourth-order valence-electron chi connectivity index (χ4n) is 5.25. The number of hydrogen-bond donors (Lipinski definition) is 2. The van der Waals surface area contributed by atoms with E-state index in [9.17, 15) is 0 Å². The second-order valence-electron chi connectivity index (χ2n) is 9.86. The highest BCUT2D eigenvalue weighted by Crippen LogP contribution is 2.45. The Balaban J connectivity index is 1.46. The minimum Gasteiger partial charge on any atom is -0.316 e. The van der Waals surface area contributed by atoms with Crippen LogP contribution < -0.4 is 10.6 Å². The first-order chi connectivity index (χ1) is 13.4. The second-order valence-corrected chi connectivity index (χ2v) is 9.86. The summed E-state index contributed by atoms with van der Waals surface area (Å²) in [4.78, 5) is 0. The van der Waals surface area contributed by atoms with Gasteiger partial charge in [-0.1, -0.05) is 81.4 Å². The van der Waals surface area contributed by atoms with E-state index in [0.717, 1.165) is 32.5 Å². The van der Waals surface area contributed by atoms with Crippen LogP contribution in [0.5, 0.6) is 0 Å². The minimum absolute atomic E-state index is 0.364. The summed E-state index contributed by atoms with van der Waals surface area (Å²) in [5.74, 6) is 0. The predicted molar refractivity (Wildman–Crippen MR) is 121 cm³/mol. The summed E-state index contributed by atoms with van der Waals surface area (Å²) in [6, 6.07) is 22.2. The van der Waals surface area contributed by atoms with Crippen molar-refractivity contribution < 1.29 is 0 Å². The van der Waals surface area contributed by atoms with Crippen LogP contribution in [0.3, 0.4) is 0 Å². The van der Waals surface area contributed by atoms with Crippen molar-refractivity contribution >= 4 is 0 Å². The molecular weight excluding hydrogens is 340 g/mol. The van der Waals surface area contributed by atoms with Gasteiger partial charge in [0.05, 0.1) is 0 Å². The minimum atomic E-state index is 0.364. The van der Waals surface area contributed by atoms with E-state index in [1.54, 1.807) is 0 Å². The SMILES string of the molecule is CC1(C)CC(NCCc2ccccc2)CC(C)(CNCCc2ccccc2)C1. The Morgan fingerprint density at radius 3 is 1.96 bits per heavy atom. The van der Waals surface area contributed by atoms with Crippen LogP contribution in [0.2, 0.25) is 0 Å². The van der Waals surface area contributed by atoms with E-state index in [4.69, 9.17) is 0 Å². The molecule has 1 fully saturated rings. The molecule has 1 saturated carbocycles. The van der Waals surface area contributed by atoms with E-state index in [1.807, 2.05) is 0 Å². The first kappa shape index (κ1) is 21.1. The zero-order valence-electron chi connectivity index (χ0n) is 18.0. The number of rotatable bonds is 9. The molecule has 0 saturated heterocycles. The van der Waals surface area contributed by atoms with Gasteiger partial charge < -0.3 is 10.6 Å². The predicted octanol–water partition coefficient (Wildman–Crippen LogP) is 5.24. The average molecular weight is 379 g/mol. The van der Waals surface area contributed by atoms with Gasteiger partial charge in [0.15, 0.2) is 0 Å². The summed E-state index contributed by atoms with van der Waals surface area (Å²) in [6.45, 7) is 10.6. The summed E-state index contributed by atoms with van der Waals surface area (Å²) in [5, 5.41) is 7.63. The van der Waals surface area contributed by atoms with Crippen LogP contribution in [0.15, 0.2) is 60.7 Å². The van der Waals surface area contributed by atoms with Crippen molar-refractivity contribution in [1.82, 2.24) is 10.6 Å². The second kappa shape index (κ2) is 9.71. The molecule has 0 spiro atoms. The Morgan fingerprint density at radius 2 is 1.36 bits per heavy atom. The molecule has 28 heavy (non-hydrogen) atoms. The molecule has 2 heteroatoms. The molecule has 1 aliphatic rings.